The first-order chi connectivity index (χ1) is 11.8. The Labute approximate surface area is 174 Å². The van der Waals surface area contributed by atoms with Crippen LogP contribution in [0.3, 0.4) is 0 Å². The number of guanidine groups is 1. The molecule has 0 aromatic heterocycles. The minimum atomic E-state index is 0. The highest BCUT2D eigenvalue weighted by atomic mass is 127. The van der Waals surface area contributed by atoms with Crippen LogP contribution in [0.2, 0.25) is 0 Å². The molecule has 1 aromatic carbocycles. The van der Waals surface area contributed by atoms with Gasteiger partial charge in [-0.3, -0.25) is 4.99 Å². The highest BCUT2D eigenvalue weighted by molar-refractivity contribution is 14.0. The molecule has 2 heterocycles. The first-order valence-electron chi connectivity index (χ1n) is 8.36. The van der Waals surface area contributed by atoms with Gasteiger partial charge in [0.05, 0.1) is 4.47 Å². The van der Waals surface area contributed by atoms with E-state index in [-0.39, 0.29) is 30.8 Å². The van der Waals surface area contributed by atoms with E-state index in [1.54, 1.807) is 7.05 Å². The van der Waals surface area contributed by atoms with Crippen LogP contribution in [0.25, 0.3) is 0 Å². The topological polar surface area (TPSA) is 64.1 Å². The highest BCUT2D eigenvalue weighted by Gasteiger charge is 2.18. The lowest BCUT2D eigenvalue weighted by molar-refractivity contribution is 0.0643. The zero-order valence-electron chi connectivity index (χ0n) is 14.3. The van der Waals surface area contributed by atoms with Crippen LogP contribution in [0, 0.1) is 5.92 Å². The molecule has 0 amide bonds. The molecule has 6 nitrogen and oxygen atoms in total. The fraction of sp³-hybridized carbons (Fsp3) is 0.588. The van der Waals surface area contributed by atoms with E-state index >= 15 is 0 Å². The summed E-state index contributed by atoms with van der Waals surface area (Å²) in [6, 6.07) is 4.03. The highest BCUT2D eigenvalue weighted by Crippen LogP contribution is 2.39. The molecule has 0 atom stereocenters. The van der Waals surface area contributed by atoms with Crippen molar-refractivity contribution in [3.8, 4) is 11.5 Å². The standard InChI is InChI=1S/C17H24BrN3O3.HI/c1-19-17(20-5-2-12-3-6-22-7-4-12)21-10-13-8-14(18)16-15(9-13)23-11-24-16;/h8-9,12H,2-7,10-11H2,1H3,(H2,19,20,21);1H. The third-order valence-corrected chi connectivity index (χ3v) is 4.95. The van der Waals surface area contributed by atoms with Crippen molar-refractivity contribution in [2.75, 3.05) is 33.6 Å². The molecular formula is C17H25BrIN3O3. The summed E-state index contributed by atoms with van der Waals surface area (Å²) < 4.78 is 17.2. The Morgan fingerprint density at radius 3 is 2.80 bits per heavy atom. The van der Waals surface area contributed by atoms with E-state index < -0.39 is 0 Å². The number of hydrogen-bond donors (Lipinski definition) is 2. The summed E-state index contributed by atoms with van der Waals surface area (Å²) in [5.41, 5.74) is 1.11. The van der Waals surface area contributed by atoms with Gasteiger partial charge in [0.15, 0.2) is 17.5 Å². The summed E-state index contributed by atoms with van der Waals surface area (Å²) >= 11 is 3.52. The molecule has 2 N–H and O–H groups in total. The van der Waals surface area contributed by atoms with Gasteiger partial charge in [-0.1, -0.05) is 0 Å². The summed E-state index contributed by atoms with van der Waals surface area (Å²) in [5, 5.41) is 6.72. The zero-order chi connectivity index (χ0) is 16.8. The van der Waals surface area contributed by atoms with E-state index in [1.165, 1.54) is 12.8 Å². The van der Waals surface area contributed by atoms with Crippen molar-refractivity contribution in [1.82, 2.24) is 10.6 Å². The van der Waals surface area contributed by atoms with Crippen molar-refractivity contribution in [3.05, 3.63) is 22.2 Å². The summed E-state index contributed by atoms with van der Waals surface area (Å²) in [6.07, 6.45) is 3.48. The molecule has 1 saturated heterocycles. The van der Waals surface area contributed by atoms with Crippen LogP contribution in [0.4, 0.5) is 0 Å². The molecule has 3 rings (SSSR count). The Morgan fingerprint density at radius 1 is 1.24 bits per heavy atom. The van der Waals surface area contributed by atoms with Gasteiger partial charge in [0.2, 0.25) is 6.79 Å². The largest absolute Gasteiger partial charge is 0.454 e. The maximum Gasteiger partial charge on any atom is 0.231 e. The van der Waals surface area contributed by atoms with Crippen LogP contribution in [-0.2, 0) is 11.3 Å². The quantitative estimate of drug-likeness (QED) is 0.351. The van der Waals surface area contributed by atoms with Crippen molar-refractivity contribution in [3.63, 3.8) is 0 Å². The van der Waals surface area contributed by atoms with Gasteiger partial charge in [-0.05, 0) is 58.8 Å². The Bertz CT molecular complexity index is 595. The number of aliphatic imine (C=N–C) groups is 1. The van der Waals surface area contributed by atoms with Crippen LogP contribution in [-0.4, -0.2) is 39.6 Å². The van der Waals surface area contributed by atoms with E-state index in [0.29, 0.717) is 6.54 Å². The smallest absolute Gasteiger partial charge is 0.231 e. The lowest BCUT2D eigenvalue weighted by Crippen LogP contribution is -2.38. The normalized spacial score (nSPS) is 17.1. The van der Waals surface area contributed by atoms with Crippen molar-refractivity contribution in [2.24, 2.45) is 10.9 Å². The molecule has 1 aromatic rings. The Kier molecular flexibility index (Phi) is 8.57. The first kappa shape index (κ1) is 20.6. The van der Waals surface area contributed by atoms with Gasteiger partial charge in [0.1, 0.15) is 0 Å². The predicted octanol–water partition coefficient (Wildman–Crippen LogP) is 3.28. The lowest BCUT2D eigenvalue weighted by atomic mass is 9.97. The second-order valence-corrected chi connectivity index (χ2v) is 6.86. The van der Waals surface area contributed by atoms with Crippen LogP contribution in [0.15, 0.2) is 21.6 Å². The average Bonchev–Trinajstić information content (AvgIpc) is 3.08. The molecular weight excluding hydrogens is 501 g/mol. The molecule has 0 unspecified atom stereocenters. The minimum Gasteiger partial charge on any atom is -0.454 e. The Morgan fingerprint density at radius 2 is 2.04 bits per heavy atom. The molecule has 2 aliphatic heterocycles. The molecule has 1 fully saturated rings. The number of fused-ring (bicyclic) bond motifs is 1. The minimum absolute atomic E-state index is 0. The first-order valence-corrected chi connectivity index (χ1v) is 9.16. The Balaban J connectivity index is 0.00000225. The number of benzene rings is 1. The van der Waals surface area contributed by atoms with Gasteiger partial charge in [-0.25, -0.2) is 0 Å². The van der Waals surface area contributed by atoms with Crippen molar-refractivity contribution >= 4 is 45.9 Å². The van der Waals surface area contributed by atoms with Crippen LogP contribution in [0.1, 0.15) is 24.8 Å². The molecule has 25 heavy (non-hydrogen) atoms. The maximum absolute atomic E-state index is 5.45. The average molecular weight is 526 g/mol. The third kappa shape index (κ3) is 5.89. The fourth-order valence-corrected chi connectivity index (χ4v) is 3.56. The fourth-order valence-electron chi connectivity index (χ4n) is 2.96. The predicted molar refractivity (Wildman–Crippen MR) is 112 cm³/mol. The van der Waals surface area contributed by atoms with Gasteiger partial charge in [-0.2, -0.15) is 0 Å². The van der Waals surface area contributed by atoms with E-state index in [1.807, 2.05) is 12.1 Å². The SMILES string of the molecule is CN=C(NCCC1CCOCC1)NCc1cc(Br)c2c(c1)OCO2.I. The third-order valence-electron chi connectivity index (χ3n) is 4.36. The van der Waals surface area contributed by atoms with Crippen LogP contribution in [0.5, 0.6) is 11.5 Å². The maximum atomic E-state index is 5.45. The van der Waals surface area contributed by atoms with Crippen LogP contribution < -0.4 is 20.1 Å². The number of ether oxygens (including phenoxy) is 3. The zero-order valence-corrected chi connectivity index (χ0v) is 18.3. The molecule has 8 heteroatoms. The number of rotatable bonds is 5. The summed E-state index contributed by atoms with van der Waals surface area (Å²) in [5.74, 6) is 3.13. The van der Waals surface area contributed by atoms with Crippen molar-refractivity contribution in [2.45, 2.75) is 25.8 Å². The van der Waals surface area contributed by atoms with E-state index in [9.17, 15) is 0 Å². The Hall–Kier alpha value is -0.740. The van der Waals surface area contributed by atoms with Crippen molar-refractivity contribution in [1.29, 1.82) is 0 Å². The van der Waals surface area contributed by atoms with Crippen molar-refractivity contribution < 1.29 is 14.2 Å². The second kappa shape index (κ2) is 10.4. The summed E-state index contributed by atoms with van der Waals surface area (Å²) in [4.78, 5) is 4.28. The van der Waals surface area contributed by atoms with Crippen LogP contribution >= 0.6 is 39.9 Å². The molecule has 0 spiro atoms. The molecule has 0 aliphatic carbocycles. The molecule has 0 radical (unpaired) electrons. The number of nitrogens with one attached hydrogen (secondary N) is 2. The monoisotopic (exact) mass is 525 g/mol. The second-order valence-electron chi connectivity index (χ2n) is 6.01. The van der Waals surface area contributed by atoms with E-state index in [4.69, 9.17) is 14.2 Å². The van der Waals surface area contributed by atoms with Gasteiger partial charge in [0.25, 0.3) is 0 Å². The number of halogens is 2. The van der Waals surface area contributed by atoms with E-state index in [0.717, 1.165) is 59.6 Å². The molecule has 140 valence electrons. The lowest BCUT2D eigenvalue weighted by Gasteiger charge is -2.22. The molecule has 2 aliphatic rings. The van der Waals surface area contributed by atoms with Gasteiger partial charge >= 0.3 is 0 Å². The number of hydrogen-bond acceptors (Lipinski definition) is 4. The summed E-state index contributed by atoms with van der Waals surface area (Å²) in [7, 11) is 1.79. The van der Waals surface area contributed by atoms with Gasteiger partial charge < -0.3 is 24.8 Å². The van der Waals surface area contributed by atoms with Gasteiger partial charge in [-0.15, -0.1) is 24.0 Å². The number of nitrogens with zero attached hydrogens (tertiary/aromatic N) is 1. The summed E-state index contributed by atoms with van der Waals surface area (Å²) in [6.45, 7) is 3.68. The van der Waals surface area contributed by atoms with Gasteiger partial charge in [0, 0.05) is 33.4 Å². The molecule has 0 bridgehead atoms. The van der Waals surface area contributed by atoms with E-state index in [2.05, 4.69) is 31.6 Å². The molecule has 0 saturated carbocycles.